The second-order valence-corrected chi connectivity index (χ2v) is 8.59. The Balaban J connectivity index is 1.74. The van der Waals surface area contributed by atoms with Gasteiger partial charge >= 0.3 is 0 Å². The number of benzene rings is 2. The number of hydrogen-bond donors (Lipinski definition) is 2. The Labute approximate surface area is 154 Å². The van der Waals surface area contributed by atoms with Gasteiger partial charge in [-0.15, -0.1) is 0 Å². The molecule has 1 saturated carbocycles. The minimum Gasteiger partial charge on any atom is -0.349 e. The lowest BCUT2D eigenvalue weighted by molar-refractivity contribution is 0.0938. The van der Waals surface area contributed by atoms with Crippen molar-refractivity contribution in [3.8, 4) is 0 Å². The summed E-state index contributed by atoms with van der Waals surface area (Å²) in [4.78, 5) is 12.4. The molecule has 1 amide bonds. The maximum atomic E-state index is 12.6. The largest absolute Gasteiger partial charge is 0.349 e. The molecular formula is C20H24N2O3S. The highest BCUT2D eigenvalue weighted by Crippen LogP contribution is 2.22. The van der Waals surface area contributed by atoms with E-state index in [2.05, 4.69) is 10.0 Å². The molecule has 0 unspecified atom stereocenters. The van der Waals surface area contributed by atoms with E-state index in [0.717, 1.165) is 36.8 Å². The van der Waals surface area contributed by atoms with Crippen LogP contribution in [-0.2, 0) is 10.0 Å². The molecule has 0 bridgehead atoms. The van der Waals surface area contributed by atoms with Gasteiger partial charge in [0, 0.05) is 11.6 Å². The molecule has 138 valence electrons. The van der Waals surface area contributed by atoms with Crippen molar-refractivity contribution in [1.82, 2.24) is 5.32 Å². The first kappa shape index (κ1) is 18.5. The zero-order valence-corrected chi connectivity index (χ0v) is 15.9. The van der Waals surface area contributed by atoms with E-state index >= 15 is 0 Å². The Kier molecular flexibility index (Phi) is 5.32. The highest BCUT2D eigenvalue weighted by Gasteiger charge is 2.19. The van der Waals surface area contributed by atoms with Crippen molar-refractivity contribution in [3.05, 3.63) is 59.2 Å². The molecular weight excluding hydrogens is 348 g/mol. The third-order valence-corrected chi connectivity index (χ3v) is 6.14. The molecule has 5 nitrogen and oxygen atoms in total. The lowest BCUT2D eigenvalue weighted by atomic mass is 10.1. The summed E-state index contributed by atoms with van der Waals surface area (Å²) >= 11 is 0. The number of carbonyl (C=O) groups is 1. The van der Waals surface area contributed by atoms with Gasteiger partial charge in [-0.1, -0.05) is 25.0 Å². The average Bonchev–Trinajstić information content (AvgIpc) is 3.11. The Morgan fingerprint density at radius 3 is 2.31 bits per heavy atom. The number of sulfonamides is 1. The number of aryl methyl sites for hydroxylation is 2. The zero-order valence-electron chi connectivity index (χ0n) is 15.1. The van der Waals surface area contributed by atoms with Crippen LogP contribution in [0.2, 0.25) is 0 Å². The minimum absolute atomic E-state index is 0.135. The molecule has 0 radical (unpaired) electrons. The van der Waals surface area contributed by atoms with Crippen LogP contribution in [0.3, 0.4) is 0 Å². The number of hydrogen-bond acceptors (Lipinski definition) is 3. The predicted molar refractivity (Wildman–Crippen MR) is 103 cm³/mol. The summed E-state index contributed by atoms with van der Waals surface area (Å²) in [6.07, 6.45) is 4.31. The van der Waals surface area contributed by atoms with Crippen LogP contribution in [0.15, 0.2) is 47.4 Å². The minimum atomic E-state index is -3.70. The Morgan fingerprint density at radius 1 is 1.00 bits per heavy atom. The Hall–Kier alpha value is -2.34. The number of rotatable bonds is 5. The van der Waals surface area contributed by atoms with Gasteiger partial charge in [0.25, 0.3) is 15.9 Å². The first-order valence-electron chi connectivity index (χ1n) is 8.86. The highest BCUT2D eigenvalue weighted by molar-refractivity contribution is 7.92. The lowest BCUT2D eigenvalue weighted by Gasteiger charge is -2.13. The first-order valence-corrected chi connectivity index (χ1v) is 10.3. The molecule has 0 atom stereocenters. The van der Waals surface area contributed by atoms with Crippen LogP contribution in [0.1, 0.15) is 47.2 Å². The van der Waals surface area contributed by atoms with E-state index < -0.39 is 10.0 Å². The van der Waals surface area contributed by atoms with E-state index in [0.29, 0.717) is 11.3 Å². The maximum absolute atomic E-state index is 12.6. The van der Waals surface area contributed by atoms with Gasteiger partial charge in [0.1, 0.15) is 0 Å². The standard InChI is InChI=1S/C20H24N2O3S/c1-14-7-8-15(2)19(13-14)22-26(24,25)18-11-9-16(10-12-18)20(23)21-17-5-3-4-6-17/h7-13,17,22H,3-6H2,1-2H3,(H,21,23). The van der Waals surface area contributed by atoms with E-state index in [4.69, 9.17) is 0 Å². The fourth-order valence-corrected chi connectivity index (χ4v) is 4.30. The normalized spacial score (nSPS) is 15.0. The van der Waals surface area contributed by atoms with E-state index in [-0.39, 0.29) is 16.8 Å². The highest BCUT2D eigenvalue weighted by atomic mass is 32.2. The fourth-order valence-electron chi connectivity index (χ4n) is 3.17. The average molecular weight is 372 g/mol. The smallest absolute Gasteiger partial charge is 0.261 e. The number of amides is 1. The monoisotopic (exact) mass is 372 g/mol. The molecule has 0 aliphatic heterocycles. The summed E-state index contributed by atoms with van der Waals surface area (Å²) in [5.74, 6) is -0.150. The molecule has 2 N–H and O–H groups in total. The maximum Gasteiger partial charge on any atom is 0.261 e. The SMILES string of the molecule is Cc1ccc(C)c(NS(=O)(=O)c2ccc(C(=O)NC3CCCC3)cc2)c1. The molecule has 0 aromatic heterocycles. The molecule has 2 aromatic rings. The van der Waals surface area contributed by atoms with E-state index in [1.54, 1.807) is 18.2 Å². The van der Waals surface area contributed by atoms with Gasteiger partial charge in [0.15, 0.2) is 0 Å². The number of carbonyl (C=O) groups excluding carboxylic acids is 1. The van der Waals surface area contributed by atoms with Crippen LogP contribution in [0.4, 0.5) is 5.69 Å². The van der Waals surface area contributed by atoms with Gasteiger partial charge in [-0.05, 0) is 68.1 Å². The summed E-state index contributed by atoms with van der Waals surface area (Å²) in [7, 11) is -3.70. The molecule has 1 aliphatic rings. The molecule has 6 heteroatoms. The fraction of sp³-hybridized carbons (Fsp3) is 0.350. The molecule has 3 rings (SSSR count). The number of anilines is 1. The summed E-state index contributed by atoms with van der Waals surface area (Å²) in [5, 5.41) is 3.00. The molecule has 2 aromatic carbocycles. The van der Waals surface area contributed by atoms with Gasteiger partial charge < -0.3 is 5.32 Å². The van der Waals surface area contributed by atoms with Crippen LogP contribution in [0.5, 0.6) is 0 Å². The van der Waals surface area contributed by atoms with Crippen molar-refractivity contribution < 1.29 is 13.2 Å². The van der Waals surface area contributed by atoms with Crippen molar-refractivity contribution in [2.45, 2.75) is 50.5 Å². The Morgan fingerprint density at radius 2 is 1.65 bits per heavy atom. The second kappa shape index (κ2) is 7.50. The third-order valence-electron chi connectivity index (χ3n) is 4.75. The molecule has 0 saturated heterocycles. The van der Waals surface area contributed by atoms with Crippen molar-refractivity contribution in [2.75, 3.05) is 4.72 Å². The zero-order chi connectivity index (χ0) is 18.7. The van der Waals surface area contributed by atoms with E-state index in [1.807, 2.05) is 26.0 Å². The summed E-state index contributed by atoms with van der Waals surface area (Å²) in [5.41, 5.74) is 2.87. The van der Waals surface area contributed by atoms with Crippen LogP contribution in [0.25, 0.3) is 0 Å². The predicted octanol–water partition coefficient (Wildman–Crippen LogP) is 3.78. The molecule has 1 fully saturated rings. The lowest BCUT2D eigenvalue weighted by Crippen LogP contribution is -2.32. The second-order valence-electron chi connectivity index (χ2n) is 6.90. The van der Waals surface area contributed by atoms with E-state index in [9.17, 15) is 13.2 Å². The van der Waals surface area contributed by atoms with Crippen molar-refractivity contribution >= 4 is 21.6 Å². The van der Waals surface area contributed by atoms with Gasteiger partial charge in [-0.25, -0.2) is 8.42 Å². The molecule has 1 aliphatic carbocycles. The van der Waals surface area contributed by atoms with Gasteiger partial charge in [-0.2, -0.15) is 0 Å². The van der Waals surface area contributed by atoms with Crippen molar-refractivity contribution in [3.63, 3.8) is 0 Å². The topological polar surface area (TPSA) is 75.3 Å². The Bertz CT molecular complexity index is 899. The molecule has 26 heavy (non-hydrogen) atoms. The van der Waals surface area contributed by atoms with Crippen molar-refractivity contribution in [2.24, 2.45) is 0 Å². The van der Waals surface area contributed by atoms with Gasteiger partial charge in [-0.3, -0.25) is 9.52 Å². The van der Waals surface area contributed by atoms with Crippen LogP contribution < -0.4 is 10.0 Å². The number of nitrogens with one attached hydrogen (secondary N) is 2. The molecule has 0 spiro atoms. The quantitative estimate of drug-likeness (QED) is 0.839. The van der Waals surface area contributed by atoms with Gasteiger partial charge in [0.2, 0.25) is 0 Å². The van der Waals surface area contributed by atoms with Crippen molar-refractivity contribution in [1.29, 1.82) is 0 Å². The first-order chi connectivity index (χ1) is 12.3. The van der Waals surface area contributed by atoms with E-state index in [1.165, 1.54) is 12.1 Å². The summed E-state index contributed by atoms with van der Waals surface area (Å²) < 4.78 is 27.8. The summed E-state index contributed by atoms with van der Waals surface area (Å²) in [6, 6.07) is 11.9. The molecule has 0 heterocycles. The third kappa shape index (κ3) is 4.25. The van der Waals surface area contributed by atoms with Crippen LogP contribution >= 0.6 is 0 Å². The van der Waals surface area contributed by atoms with Crippen LogP contribution in [0, 0.1) is 13.8 Å². The van der Waals surface area contributed by atoms with Gasteiger partial charge in [0.05, 0.1) is 10.6 Å². The van der Waals surface area contributed by atoms with Crippen LogP contribution in [-0.4, -0.2) is 20.4 Å². The summed E-state index contributed by atoms with van der Waals surface area (Å²) in [6.45, 7) is 3.77.